The molecule has 2 rings (SSSR count). The maximum absolute atomic E-state index is 12.9. The number of carbonyl (C=O) groups is 1. The monoisotopic (exact) mass is 301 g/mol. The van der Waals surface area contributed by atoms with Crippen LogP contribution in [0.25, 0.3) is 0 Å². The number of amides is 1. The minimum atomic E-state index is -0.416. The van der Waals surface area contributed by atoms with E-state index in [2.05, 4.69) is 30.8 Å². The topological polar surface area (TPSA) is 54.9 Å². The number of aromatic nitrogens is 2. The predicted octanol–water partition coefficient (Wildman–Crippen LogP) is 2.69. The van der Waals surface area contributed by atoms with Gasteiger partial charge in [0.15, 0.2) is 0 Å². The van der Waals surface area contributed by atoms with Crippen molar-refractivity contribution in [1.29, 1.82) is 0 Å². The van der Waals surface area contributed by atoms with Crippen LogP contribution in [0.2, 0.25) is 0 Å². The molecule has 4 nitrogen and oxygen atoms in total. The van der Waals surface area contributed by atoms with Crippen molar-refractivity contribution < 1.29 is 9.18 Å². The second-order valence-corrected chi connectivity index (χ2v) is 4.50. The molecule has 0 atom stereocenters. The highest BCUT2D eigenvalue weighted by Gasteiger charge is 2.10. The zero-order valence-corrected chi connectivity index (χ0v) is 10.2. The van der Waals surface area contributed by atoms with Gasteiger partial charge < -0.3 is 5.32 Å². The van der Waals surface area contributed by atoms with Gasteiger partial charge >= 0.3 is 0 Å². The Morgan fingerprint density at radius 2 is 2.31 bits per heavy atom. The van der Waals surface area contributed by atoms with Crippen molar-refractivity contribution in [3.8, 4) is 0 Å². The number of benzene rings is 1. The summed E-state index contributed by atoms with van der Waals surface area (Å²) in [6, 6.07) is 4.06. The lowest BCUT2D eigenvalue weighted by Crippen LogP contribution is -2.10. The summed E-state index contributed by atoms with van der Waals surface area (Å²) < 4.78 is 17.1. The van der Waals surface area contributed by atoms with Crippen LogP contribution >= 0.6 is 27.5 Å². The Morgan fingerprint density at radius 1 is 1.50 bits per heavy atom. The van der Waals surface area contributed by atoms with E-state index in [1.165, 1.54) is 24.4 Å². The highest BCUT2D eigenvalue weighted by atomic mass is 79.9. The maximum atomic E-state index is 12.9. The molecule has 0 saturated heterocycles. The molecule has 0 aliphatic carbocycles. The lowest BCUT2D eigenvalue weighted by Gasteiger charge is -2.05. The predicted molar refractivity (Wildman–Crippen MR) is 62.0 cm³/mol. The van der Waals surface area contributed by atoms with Gasteiger partial charge in [0.25, 0.3) is 5.91 Å². The highest BCUT2D eigenvalue weighted by Crippen LogP contribution is 2.23. The third kappa shape index (κ3) is 2.42. The minimum Gasteiger partial charge on any atom is -0.320 e. The van der Waals surface area contributed by atoms with Crippen molar-refractivity contribution in [3.05, 3.63) is 39.6 Å². The van der Waals surface area contributed by atoms with Crippen LogP contribution < -0.4 is 5.32 Å². The standard InChI is InChI=1S/C9H5BrFN3OS/c10-6-2-1-5(11)3-7(6)13-9(15)8-4-12-14-16-8/h1-4H,(H,13,15). The second-order valence-electron chi connectivity index (χ2n) is 2.86. The number of halogens is 2. The Bertz CT molecular complexity index is 517. The molecule has 16 heavy (non-hydrogen) atoms. The second kappa shape index (κ2) is 4.67. The SMILES string of the molecule is O=C(Nc1cc(F)ccc1Br)c1cnns1. The molecule has 0 aliphatic heterocycles. The molecule has 1 heterocycles. The summed E-state index contributed by atoms with van der Waals surface area (Å²) in [7, 11) is 0. The summed E-state index contributed by atoms with van der Waals surface area (Å²) in [6.45, 7) is 0. The fraction of sp³-hybridized carbons (Fsp3) is 0. The molecule has 0 bridgehead atoms. The number of hydrogen-bond acceptors (Lipinski definition) is 4. The molecule has 0 saturated carbocycles. The lowest BCUT2D eigenvalue weighted by molar-refractivity contribution is 0.103. The van der Waals surface area contributed by atoms with Crippen molar-refractivity contribution in [1.82, 2.24) is 9.59 Å². The molecule has 1 aromatic carbocycles. The highest BCUT2D eigenvalue weighted by molar-refractivity contribution is 9.10. The largest absolute Gasteiger partial charge is 0.320 e. The number of carbonyl (C=O) groups excluding carboxylic acids is 1. The van der Waals surface area contributed by atoms with E-state index in [9.17, 15) is 9.18 Å². The Balaban J connectivity index is 2.21. The van der Waals surface area contributed by atoms with Crippen LogP contribution in [0.1, 0.15) is 9.67 Å². The van der Waals surface area contributed by atoms with Crippen molar-refractivity contribution in [3.63, 3.8) is 0 Å². The first-order valence-electron chi connectivity index (χ1n) is 4.20. The Labute approximate surface area is 103 Å². The van der Waals surface area contributed by atoms with Crippen molar-refractivity contribution in [2.75, 3.05) is 5.32 Å². The normalized spacial score (nSPS) is 10.1. The average Bonchev–Trinajstić information content (AvgIpc) is 2.76. The number of anilines is 1. The molecule has 2 aromatic rings. The first kappa shape index (κ1) is 11.2. The van der Waals surface area contributed by atoms with E-state index in [0.717, 1.165) is 11.5 Å². The zero-order chi connectivity index (χ0) is 11.5. The van der Waals surface area contributed by atoms with Gasteiger partial charge in [-0.05, 0) is 45.7 Å². The lowest BCUT2D eigenvalue weighted by atomic mass is 10.3. The number of nitrogens with zero attached hydrogens (tertiary/aromatic N) is 2. The van der Waals surface area contributed by atoms with E-state index >= 15 is 0 Å². The first-order valence-corrected chi connectivity index (χ1v) is 5.77. The van der Waals surface area contributed by atoms with Crippen LogP contribution in [0.15, 0.2) is 28.9 Å². The van der Waals surface area contributed by atoms with Crippen molar-refractivity contribution in [2.45, 2.75) is 0 Å². The van der Waals surface area contributed by atoms with Gasteiger partial charge in [-0.1, -0.05) is 4.49 Å². The van der Waals surface area contributed by atoms with Crippen LogP contribution in [-0.4, -0.2) is 15.5 Å². The smallest absolute Gasteiger partial charge is 0.269 e. The van der Waals surface area contributed by atoms with Crippen molar-refractivity contribution >= 4 is 39.1 Å². The van der Waals surface area contributed by atoms with Crippen LogP contribution in [0.3, 0.4) is 0 Å². The quantitative estimate of drug-likeness (QED) is 0.928. The van der Waals surface area contributed by atoms with Gasteiger partial charge in [-0.2, -0.15) is 0 Å². The first-order chi connectivity index (χ1) is 7.66. The van der Waals surface area contributed by atoms with Crippen LogP contribution in [0.5, 0.6) is 0 Å². The van der Waals surface area contributed by atoms with E-state index in [-0.39, 0.29) is 5.91 Å². The fourth-order valence-corrected chi connectivity index (χ4v) is 1.80. The van der Waals surface area contributed by atoms with E-state index in [1.807, 2.05) is 0 Å². The molecule has 0 unspecified atom stereocenters. The zero-order valence-electron chi connectivity index (χ0n) is 7.78. The van der Waals surface area contributed by atoms with Gasteiger partial charge in [0.05, 0.1) is 11.9 Å². The van der Waals surface area contributed by atoms with Gasteiger partial charge in [-0.25, -0.2) is 4.39 Å². The van der Waals surface area contributed by atoms with Gasteiger partial charge in [-0.15, -0.1) is 5.10 Å². The number of nitrogens with one attached hydrogen (secondary N) is 1. The van der Waals surface area contributed by atoms with E-state index < -0.39 is 5.82 Å². The van der Waals surface area contributed by atoms with Gasteiger partial charge in [0.2, 0.25) is 0 Å². The van der Waals surface area contributed by atoms with Crippen molar-refractivity contribution in [2.24, 2.45) is 0 Å². The van der Waals surface area contributed by atoms with Crippen LogP contribution in [0.4, 0.5) is 10.1 Å². The van der Waals surface area contributed by atoms with Crippen LogP contribution in [-0.2, 0) is 0 Å². The van der Waals surface area contributed by atoms with Gasteiger partial charge in [0, 0.05) is 4.47 Å². The molecule has 0 aliphatic rings. The average molecular weight is 302 g/mol. The number of hydrogen-bond donors (Lipinski definition) is 1. The summed E-state index contributed by atoms with van der Waals surface area (Å²) >= 11 is 4.19. The molecule has 1 N–H and O–H groups in total. The fourth-order valence-electron chi connectivity index (χ4n) is 1.04. The molecule has 7 heteroatoms. The molecular weight excluding hydrogens is 297 g/mol. The maximum Gasteiger partial charge on any atom is 0.269 e. The Kier molecular flexibility index (Phi) is 3.25. The van der Waals surface area contributed by atoms with E-state index in [1.54, 1.807) is 0 Å². The molecule has 0 fully saturated rings. The summed E-state index contributed by atoms with van der Waals surface area (Å²) in [4.78, 5) is 12.0. The molecule has 0 radical (unpaired) electrons. The van der Waals surface area contributed by atoms with E-state index in [4.69, 9.17) is 0 Å². The Hall–Kier alpha value is -1.34. The molecular formula is C9H5BrFN3OS. The van der Waals surface area contributed by atoms with Gasteiger partial charge in [0.1, 0.15) is 10.7 Å². The summed E-state index contributed by atoms with van der Waals surface area (Å²) in [5.74, 6) is -0.776. The summed E-state index contributed by atoms with van der Waals surface area (Å²) in [5, 5.41) is 6.10. The third-order valence-corrected chi connectivity index (χ3v) is 3.12. The summed E-state index contributed by atoms with van der Waals surface area (Å²) in [6.07, 6.45) is 1.35. The third-order valence-electron chi connectivity index (χ3n) is 1.76. The Morgan fingerprint density at radius 3 is 3.00 bits per heavy atom. The van der Waals surface area contributed by atoms with Gasteiger partial charge in [-0.3, -0.25) is 4.79 Å². The molecule has 82 valence electrons. The molecule has 1 aromatic heterocycles. The summed E-state index contributed by atoms with van der Waals surface area (Å²) in [5.41, 5.74) is 0.374. The molecule has 0 spiro atoms. The molecule has 1 amide bonds. The number of rotatable bonds is 2. The van der Waals surface area contributed by atoms with E-state index in [0.29, 0.717) is 15.0 Å². The van der Waals surface area contributed by atoms with Crippen LogP contribution in [0, 0.1) is 5.82 Å². The minimum absolute atomic E-state index is 0.360.